The molecular weight excluding hydrogens is 236 g/mol. The van der Waals surface area contributed by atoms with Crippen LogP contribution in [0.2, 0.25) is 0 Å². The second kappa shape index (κ2) is 8.23. The largest absolute Gasteiger partial charge is 0.381 e. The summed E-state index contributed by atoms with van der Waals surface area (Å²) in [5.41, 5.74) is 0.383. The molecule has 0 bridgehead atoms. The van der Waals surface area contributed by atoms with E-state index in [2.05, 4.69) is 17.1 Å². The Bertz CT molecular complexity index is 231. The van der Waals surface area contributed by atoms with Gasteiger partial charge < -0.3 is 15.0 Å². The van der Waals surface area contributed by atoms with Gasteiger partial charge in [-0.2, -0.15) is 0 Å². The minimum Gasteiger partial charge on any atom is -0.381 e. The molecular formula is C16H32N2O. The molecule has 0 aromatic rings. The Labute approximate surface area is 119 Å². The maximum absolute atomic E-state index is 5.72. The van der Waals surface area contributed by atoms with Crippen LogP contribution in [0.5, 0.6) is 0 Å². The maximum Gasteiger partial charge on any atom is 0.0547 e. The Hall–Kier alpha value is -0.120. The van der Waals surface area contributed by atoms with Crippen LogP contribution in [0, 0.1) is 5.41 Å². The smallest absolute Gasteiger partial charge is 0.0547 e. The lowest BCUT2D eigenvalue weighted by Crippen LogP contribution is -2.45. The van der Waals surface area contributed by atoms with E-state index in [0.717, 1.165) is 26.3 Å². The van der Waals surface area contributed by atoms with Crippen molar-refractivity contribution in [2.75, 3.05) is 45.9 Å². The Morgan fingerprint density at radius 3 is 2.47 bits per heavy atom. The van der Waals surface area contributed by atoms with Crippen molar-refractivity contribution >= 4 is 0 Å². The average molecular weight is 268 g/mol. The first-order valence-electron chi connectivity index (χ1n) is 8.35. The zero-order valence-corrected chi connectivity index (χ0v) is 12.8. The summed E-state index contributed by atoms with van der Waals surface area (Å²) in [5, 5.41) is 3.63. The monoisotopic (exact) mass is 268 g/mol. The van der Waals surface area contributed by atoms with Gasteiger partial charge in [-0.3, -0.25) is 0 Å². The number of hydrogen-bond acceptors (Lipinski definition) is 3. The molecule has 2 heterocycles. The number of nitrogens with zero attached hydrogens (tertiary/aromatic N) is 1. The summed E-state index contributed by atoms with van der Waals surface area (Å²) in [6.45, 7) is 10.3. The molecule has 112 valence electrons. The molecule has 0 radical (unpaired) electrons. The fraction of sp³-hybridized carbons (Fsp3) is 1.00. The first-order chi connectivity index (χ1) is 9.35. The van der Waals surface area contributed by atoms with Crippen molar-refractivity contribution < 1.29 is 4.74 Å². The van der Waals surface area contributed by atoms with Gasteiger partial charge in [0.25, 0.3) is 0 Å². The molecule has 3 nitrogen and oxygen atoms in total. The molecule has 19 heavy (non-hydrogen) atoms. The van der Waals surface area contributed by atoms with Crippen molar-refractivity contribution in [3.63, 3.8) is 0 Å². The zero-order valence-electron chi connectivity index (χ0n) is 12.8. The fourth-order valence-corrected chi connectivity index (χ4v) is 3.45. The van der Waals surface area contributed by atoms with E-state index in [9.17, 15) is 0 Å². The summed E-state index contributed by atoms with van der Waals surface area (Å²) in [5.74, 6) is 0. The first kappa shape index (κ1) is 15.3. The van der Waals surface area contributed by atoms with Crippen LogP contribution in [0.25, 0.3) is 0 Å². The SMILES string of the molecule is CCCNCC1(CN2CCCCCCC2)CCOC1. The number of likely N-dealkylation sites (tertiary alicyclic amines) is 1. The average Bonchev–Trinajstić information content (AvgIpc) is 2.82. The van der Waals surface area contributed by atoms with Gasteiger partial charge in [0.15, 0.2) is 0 Å². The standard InChI is InChI=1S/C16H32N2O/c1-2-9-17-13-16(8-12-19-15-16)14-18-10-6-4-3-5-7-11-18/h17H,2-15H2,1H3. The summed E-state index contributed by atoms with van der Waals surface area (Å²) in [7, 11) is 0. The van der Waals surface area contributed by atoms with Crippen LogP contribution in [0.1, 0.15) is 51.9 Å². The highest BCUT2D eigenvalue weighted by molar-refractivity contribution is 4.88. The van der Waals surface area contributed by atoms with Gasteiger partial charge in [-0.15, -0.1) is 0 Å². The van der Waals surface area contributed by atoms with Crippen LogP contribution in [-0.4, -0.2) is 50.8 Å². The number of hydrogen-bond donors (Lipinski definition) is 1. The van der Waals surface area contributed by atoms with Gasteiger partial charge in [-0.1, -0.05) is 26.2 Å². The predicted molar refractivity (Wildman–Crippen MR) is 80.6 cm³/mol. The second-order valence-electron chi connectivity index (χ2n) is 6.52. The molecule has 0 spiro atoms. The Morgan fingerprint density at radius 2 is 1.84 bits per heavy atom. The highest BCUT2D eigenvalue weighted by Gasteiger charge is 2.36. The van der Waals surface area contributed by atoms with E-state index in [1.54, 1.807) is 0 Å². The number of nitrogens with one attached hydrogen (secondary N) is 1. The normalized spacial score (nSPS) is 30.2. The van der Waals surface area contributed by atoms with Crippen LogP contribution in [0.4, 0.5) is 0 Å². The van der Waals surface area contributed by atoms with Gasteiger partial charge in [-0.25, -0.2) is 0 Å². The molecule has 2 rings (SSSR count). The summed E-state index contributed by atoms with van der Waals surface area (Å²) in [6, 6.07) is 0. The van der Waals surface area contributed by atoms with E-state index in [1.807, 2.05) is 0 Å². The molecule has 0 aromatic heterocycles. The molecule has 1 atom stereocenters. The number of rotatable bonds is 6. The van der Waals surface area contributed by atoms with E-state index in [-0.39, 0.29) is 0 Å². The van der Waals surface area contributed by atoms with E-state index in [4.69, 9.17) is 4.74 Å². The van der Waals surface area contributed by atoms with Gasteiger partial charge in [0.1, 0.15) is 0 Å². The summed E-state index contributed by atoms with van der Waals surface area (Å²) >= 11 is 0. The maximum atomic E-state index is 5.72. The minimum absolute atomic E-state index is 0.383. The van der Waals surface area contributed by atoms with Crippen molar-refractivity contribution in [3.05, 3.63) is 0 Å². The molecule has 2 aliphatic heterocycles. The quantitative estimate of drug-likeness (QED) is 0.750. The highest BCUT2D eigenvalue weighted by Crippen LogP contribution is 2.30. The third-order valence-corrected chi connectivity index (χ3v) is 4.62. The molecule has 3 heteroatoms. The van der Waals surface area contributed by atoms with Crippen LogP contribution >= 0.6 is 0 Å². The van der Waals surface area contributed by atoms with Gasteiger partial charge >= 0.3 is 0 Å². The van der Waals surface area contributed by atoms with Crippen molar-refractivity contribution in [1.29, 1.82) is 0 Å². The molecule has 2 fully saturated rings. The van der Waals surface area contributed by atoms with Crippen molar-refractivity contribution in [1.82, 2.24) is 10.2 Å². The second-order valence-corrected chi connectivity index (χ2v) is 6.52. The lowest BCUT2D eigenvalue weighted by atomic mass is 9.86. The molecule has 2 aliphatic rings. The highest BCUT2D eigenvalue weighted by atomic mass is 16.5. The van der Waals surface area contributed by atoms with Crippen molar-refractivity contribution in [3.8, 4) is 0 Å². The minimum atomic E-state index is 0.383. The van der Waals surface area contributed by atoms with Gasteiger partial charge in [0.2, 0.25) is 0 Å². The van der Waals surface area contributed by atoms with E-state index in [0.29, 0.717) is 5.41 Å². The Morgan fingerprint density at radius 1 is 1.11 bits per heavy atom. The third kappa shape index (κ3) is 5.05. The molecule has 0 saturated carbocycles. The van der Waals surface area contributed by atoms with Gasteiger partial charge in [0, 0.05) is 25.1 Å². The third-order valence-electron chi connectivity index (χ3n) is 4.62. The van der Waals surface area contributed by atoms with Crippen LogP contribution in [0.15, 0.2) is 0 Å². The number of ether oxygens (including phenoxy) is 1. The Balaban J connectivity index is 1.83. The van der Waals surface area contributed by atoms with Crippen LogP contribution in [-0.2, 0) is 4.74 Å². The molecule has 0 aromatic carbocycles. The molecule has 2 saturated heterocycles. The van der Waals surface area contributed by atoms with E-state index < -0.39 is 0 Å². The van der Waals surface area contributed by atoms with Crippen LogP contribution in [0.3, 0.4) is 0 Å². The Kier molecular flexibility index (Phi) is 6.62. The lowest BCUT2D eigenvalue weighted by Gasteiger charge is -2.35. The summed E-state index contributed by atoms with van der Waals surface area (Å²) < 4.78 is 5.72. The topological polar surface area (TPSA) is 24.5 Å². The van der Waals surface area contributed by atoms with E-state index in [1.165, 1.54) is 64.6 Å². The van der Waals surface area contributed by atoms with Crippen molar-refractivity contribution in [2.45, 2.75) is 51.9 Å². The summed E-state index contributed by atoms with van der Waals surface area (Å²) in [4.78, 5) is 2.71. The van der Waals surface area contributed by atoms with E-state index >= 15 is 0 Å². The molecule has 1 unspecified atom stereocenters. The molecule has 0 amide bonds. The predicted octanol–water partition coefficient (Wildman–Crippen LogP) is 2.66. The van der Waals surface area contributed by atoms with Crippen molar-refractivity contribution in [2.24, 2.45) is 5.41 Å². The van der Waals surface area contributed by atoms with Gasteiger partial charge in [-0.05, 0) is 45.3 Å². The zero-order chi connectivity index (χ0) is 13.4. The molecule has 1 N–H and O–H groups in total. The van der Waals surface area contributed by atoms with Gasteiger partial charge in [0.05, 0.1) is 6.61 Å². The summed E-state index contributed by atoms with van der Waals surface area (Å²) in [6.07, 6.45) is 9.53. The first-order valence-corrected chi connectivity index (χ1v) is 8.35. The lowest BCUT2D eigenvalue weighted by molar-refractivity contribution is 0.104. The fourth-order valence-electron chi connectivity index (χ4n) is 3.45. The van der Waals surface area contributed by atoms with Crippen LogP contribution < -0.4 is 5.32 Å². The molecule has 0 aliphatic carbocycles.